The van der Waals surface area contributed by atoms with Crippen LogP contribution in [0.3, 0.4) is 0 Å². The first-order chi connectivity index (χ1) is 18.2. The smallest absolute Gasteiger partial charge is 0.480 e. The van der Waals surface area contributed by atoms with E-state index in [-0.39, 0.29) is 48.7 Å². The molecule has 1 aromatic carbocycles. The van der Waals surface area contributed by atoms with E-state index in [1.165, 1.54) is 24.4 Å². The number of aromatic nitrogens is 4. The number of alkyl halides is 6. The van der Waals surface area contributed by atoms with Crippen molar-refractivity contribution in [3.05, 3.63) is 36.5 Å². The summed E-state index contributed by atoms with van der Waals surface area (Å²) in [6, 6.07) is 5.21. The fourth-order valence-corrected chi connectivity index (χ4v) is 3.41. The molecule has 3 N–H and O–H groups in total. The Morgan fingerprint density at radius 1 is 1.08 bits per heavy atom. The molecule has 0 spiro atoms. The molecule has 3 rings (SSSR count). The van der Waals surface area contributed by atoms with Crippen molar-refractivity contribution in [3.8, 4) is 34.5 Å². The molecule has 0 radical (unpaired) electrons. The lowest BCUT2D eigenvalue weighted by atomic mass is 10.0. The number of halogens is 6. The Hall–Kier alpha value is -4.04. The number of carbonyl (C=O) groups is 1. The fraction of sp³-hybridized carbons (Fsp3) is 0.417. The van der Waals surface area contributed by atoms with Crippen LogP contribution in [0.25, 0.3) is 22.9 Å². The summed E-state index contributed by atoms with van der Waals surface area (Å²) in [5.41, 5.74) is 0.759. The van der Waals surface area contributed by atoms with Gasteiger partial charge in [-0.2, -0.15) is 18.2 Å². The highest BCUT2D eigenvalue weighted by Gasteiger charge is 2.31. The van der Waals surface area contributed by atoms with Crippen LogP contribution in [0.5, 0.6) is 11.6 Å². The predicted octanol–water partition coefficient (Wildman–Crippen LogP) is 6.06. The molecule has 0 saturated heterocycles. The lowest BCUT2D eigenvalue weighted by molar-refractivity contribution is -0.274. The molecule has 9 nitrogen and oxygen atoms in total. The molecule has 0 fully saturated rings. The second kappa shape index (κ2) is 12.2. The van der Waals surface area contributed by atoms with Crippen molar-refractivity contribution in [2.24, 2.45) is 5.92 Å². The third-order valence-corrected chi connectivity index (χ3v) is 5.06. The van der Waals surface area contributed by atoms with E-state index in [0.29, 0.717) is 11.3 Å². The molecule has 0 saturated carbocycles. The maximum atomic E-state index is 12.5. The predicted molar refractivity (Wildman–Crippen MR) is 127 cm³/mol. The Labute approximate surface area is 218 Å². The number of hydrogen-bond acceptors (Lipinski definition) is 7. The summed E-state index contributed by atoms with van der Waals surface area (Å²) in [4.78, 5) is 27.3. The molecule has 0 aliphatic rings. The number of H-pyrrole nitrogens is 1. The number of aliphatic carboxylic acids is 1. The van der Waals surface area contributed by atoms with Gasteiger partial charge in [-0.05, 0) is 43.0 Å². The summed E-state index contributed by atoms with van der Waals surface area (Å²) in [7, 11) is 0. The second-order valence-electron chi connectivity index (χ2n) is 8.85. The summed E-state index contributed by atoms with van der Waals surface area (Å²) in [6.45, 7) is 3.37. The van der Waals surface area contributed by atoms with E-state index >= 15 is 0 Å². The first kappa shape index (κ1) is 29.5. The number of carboxylic acid groups (broad SMARTS) is 1. The lowest BCUT2D eigenvalue weighted by Crippen LogP contribution is -2.31. The number of nitrogens with zero attached hydrogens (tertiary/aromatic N) is 3. The molecule has 0 bridgehead atoms. The van der Waals surface area contributed by atoms with Crippen molar-refractivity contribution >= 4 is 11.8 Å². The van der Waals surface area contributed by atoms with Crippen LogP contribution in [0.15, 0.2) is 36.5 Å². The standard InChI is InChI=1S/C24H25F6N5O4/c1-13(2)10-16(22(36)37)32-18-11-19(38-9-3-8-23(25,26)27)35-21(34-18)20-31-12-17(33-20)14-4-6-15(7-5-14)39-24(28,29)30/h4-7,11-13,16H,3,8-10H2,1-2H3,(H,31,33)(H,36,37)(H,32,34,35). The summed E-state index contributed by atoms with van der Waals surface area (Å²) in [5, 5.41) is 12.3. The minimum atomic E-state index is -4.83. The number of hydrogen-bond donors (Lipinski definition) is 3. The maximum Gasteiger partial charge on any atom is 0.573 e. The minimum Gasteiger partial charge on any atom is -0.480 e. The van der Waals surface area contributed by atoms with E-state index in [1.54, 1.807) is 0 Å². The Morgan fingerprint density at radius 2 is 1.77 bits per heavy atom. The molecule has 0 aliphatic carbocycles. The minimum absolute atomic E-state index is 0.0264. The zero-order chi connectivity index (χ0) is 28.8. The second-order valence-corrected chi connectivity index (χ2v) is 8.85. The van der Waals surface area contributed by atoms with Crippen molar-refractivity contribution in [3.63, 3.8) is 0 Å². The average Bonchev–Trinajstić information content (AvgIpc) is 3.30. The molecular formula is C24H25F6N5O4. The number of nitrogens with one attached hydrogen (secondary N) is 2. The fourth-order valence-electron chi connectivity index (χ4n) is 3.41. The van der Waals surface area contributed by atoms with Gasteiger partial charge in [0, 0.05) is 24.2 Å². The van der Waals surface area contributed by atoms with Crippen molar-refractivity contribution < 1.29 is 45.7 Å². The molecule has 0 aliphatic heterocycles. The van der Waals surface area contributed by atoms with E-state index in [9.17, 15) is 36.2 Å². The summed E-state index contributed by atoms with van der Waals surface area (Å²) in [6.07, 6.45) is -8.86. The summed E-state index contributed by atoms with van der Waals surface area (Å²) in [5.74, 6) is -1.53. The number of aromatic amines is 1. The zero-order valence-corrected chi connectivity index (χ0v) is 20.7. The van der Waals surface area contributed by atoms with Crippen LogP contribution >= 0.6 is 0 Å². The monoisotopic (exact) mass is 561 g/mol. The third kappa shape index (κ3) is 9.65. The van der Waals surface area contributed by atoms with Gasteiger partial charge < -0.3 is 24.9 Å². The highest BCUT2D eigenvalue weighted by molar-refractivity contribution is 5.77. The first-order valence-electron chi connectivity index (χ1n) is 11.7. The van der Waals surface area contributed by atoms with Crippen LogP contribution in [-0.2, 0) is 4.79 Å². The molecule has 3 aromatic rings. The molecule has 1 atom stereocenters. The zero-order valence-electron chi connectivity index (χ0n) is 20.7. The molecule has 2 aromatic heterocycles. The first-order valence-corrected chi connectivity index (χ1v) is 11.7. The number of rotatable bonds is 12. The van der Waals surface area contributed by atoms with Crippen LogP contribution in [0.2, 0.25) is 0 Å². The largest absolute Gasteiger partial charge is 0.573 e. The number of carboxylic acids is 1. The van der Waals surface area contributed by atoms with E-state index in [1.807, 2.05) is 13.8 Å². The molecule has 15 heteroatoms. The van der Waals surface area contributed by atoms with Crippen molar-refractivity contribution in [1.82, 2.24) is 19.9 Å². The highest BCUT2D eigenvalue weighted by atomic mass is 19.4. The Kier molecular flexibility index (Phi) is 9.24. The van der Waals surface area contributed by atoms with E-state index in [2.05, 4.69) is 30.0 Å². The third-order valence-electron chi connectivity index (χ3n) is 5.06. The average molecular weight is 561 g/mol. The van der Waals surface area contributed by atoms with Crippen LogP contribution < -0.4 is 14.8 Å². The molecule has 39 heavy (non-hydrogen) atoms. The Morgan fingerprint density at radius 3 is 2.36 bits per heavy atom. The molecule has 1 unspecified atom stereocenters. The van der Waals surface area contributed by atoms with Crippen LogP contribution in [0.1, 0.15) is 33.1 Å². The van der Waals surface area contributed by atoms with Gasteiger partial charge in [0.2, 0.25) is 11.7 Å². The van der Waals surface area contributed by atoms with Gasteiger partial charge in [-0.15, -0.1) is 13.2 Å². The highest BCUT2D eigenvalue weighted by Crippen LogP contribution is 2.28. The summed E-state index contributed by atoms with van der Waals surface area (Å²) < 4.78 is 83.9. The van der Waals surface area contributed by atoms with Gasteiger partial charge in [0.05, 0.1) is 12.3 Å². The summed E-state index contributed by atoms with van der Waals surface area (Å²) >= 11 is 0. The van der Waals surface area contributed by atoms with Gasteiger partial charge in [-0.3, -0.25) is 0 Å². The van der Waals surface area contributed by atoms with Gasteiger partial charge in [-0.1, -0.05) is 13.8 Å². The van der Waals surface area contributed by atoms with Gasteiger partial charge >= 0.3 is 18.5 Å². The number of anilines is 1. The van der Waals surface area contributed by atoms with Crippen molar-refractivity contribution in [2.75, 3.05) is 11.9 Å². The van der Waals surface area contributed by atoms with Gasteiger partial charge in [0.1, 0.15) is 17.6 Å². The van der Waals surface area contributed by atoms with E-state index in [4.69, 9.17) is 4.74 Å². The molecule has 2 heterocycles. The Bertz CT molecular complexity index is 1250. The van der Waals surface area contributed by atoms with E-state index in [0.717, 1.165) is 12.1 Å². The lowest BCUT2D eigenvalue weighted by Gasteiger charge is -2.18. The van der Waals surface area contributed by atoms with E-state index < -0.39 is 36.7 Å². The maximum absolute atomic E-state index is 12.5. The van der Waals surface area contributed by atoms with Gasteiger partial charge in [-0.25, -0.2) is 14.8 Å². The van der Waals surface area contributed by atoms with Crippen LogP contribution in [0, 0.1) is 5.92 Å². The van der Waals surface area contributed by atoms with Gasteiger partial charge in [0.25, 0.3) is 0 Å². The Balaban J connectivity index is 1.86. The topological polar surface area (TPSA) is 122 Å². The SMILES string of the molecule is CC(C)CC(Nc1cc(OCCCC(F)(F)F)nc(-c2nc(-c3ccc(OC(F)(F)F)cc3)c[nH]2)n1)C(=O)O. The van der Waals surface area contributed by atoms with Gasteiger partial charge in [0.15, 0.2) is 5.82 Å². The normalized spacial score (nSPS) is 12.8. The van der Waals surface area contributed by atoms with Crippen LogP contribution in [-0.4, -0.2) is 56.2 Å². The van der Waals surface area contributed by atoms with Crippen molar-refractivity contribution in [2.45, 2.75) is 51.7 Å². The number of ether oxygens (including phenoxy) is 2. The molecular weight excluding hydrogens is 536 g/mol. The number of benzene rings is 1. The number of imidazole rings is 1. The molecule has 0 amide bonds. The van der Waals surface area contributed by atoms with Crippen molar-refractivity contribution in [1.29, 1.82) is 0 Å². The quantitative estimate of drug-likeness (QED) is 0.180. The van der Waals surface area contributed by atoms with Crippen LogP contribution in [0.4, 0.5) is 32.2 Å². The molecule has 212 valence electrons.